The third-order valence-electron chi connectivity index (χ3n) is 4.39. The molecule has 0 saturated heterocycles. The summed E-state index contributed by atoms with van der Waals surface area (Å²) in [5.74, 6) is 1.58. The van der Waals surface area contributed by atoms with E-state index < -0.39 is 0 Å². The highest BCUT2D eigenvalue weighted by Gasteiger charge is 2.30. The van der Waals surface area contributed by atoms with Crippen molar-refractivity contribution in [1.29, 1.82) is 0 Å². The molecule has 1 saturated carbocycles. The fraction of sp³-hybridized carbons (Fsp3) is 0.500. The molecule has 24 heavy (non-hydrogen) atoms. The molecule has 0 aliphatic heterocycles. The molecule has 1 aromatic carbocycles. The zero-order valence-corrected chi connectivity index (χ0v) is 15.7. The van der Waals surface area contributed by atoms with Crippen LogP contribution in [0.15, 0.2) is 17.3 Å². The van der Waals surface area contributed by atoms with E-state index in [0.29, 0.717) is 5.92 Å². The lowest BCUT2D eigenvalue weighted by Gasteiger charge is -2.16. The summed E-state index contributed by atoms with van der Waals surface area (Å²) in [7, 11) is 1.98. The van der Waals surface area contributed by atoms with Gasteiger partial charge in [0.05, 0.1) is 5.25 Å². The van der Waals surface area contributed by atoms with Crippen LogP contribution >= 0.6 is 11.8 Å². The summed E-state index contributed by atoms with van der Waals surface area (Å²) in [6.07, 6.45) is 2.39. The first-order chi connectivity index (χ1) is 11.4. The minimum absolute atomic E-state index is 0.00831. The topological polar surface area (TPSA) is 59.8 Å². The van der Waals surface area contributed by atoms with E-state index in [2.05, 4.69) is 34.6 Å². The van der Waals surface area contributed by atoms with Gasteiger partial charge in [0.15, 0.2) is 5.16 Å². The number of carbonyl (C=O) groups excluding carboxylic acids is 1. The molecule has 5 nitrogen and oxygen atoms in total. The normalized spacial score (nSPS) is 15.4. The minimum Gasteiger partial charge on any atom is -0.325 e. The smallest absolute Gasteiger partial charge is 0.237 e. The summed E-state index contributed by atoms with van der Waals surface area (Å²) in [6.45, 7) is 8.02. The number of hydrogen-bond acceptors (Lipinski definition) is 4. The lowest BCUT2D eigenvalue weighted by Crippen LogP contribution is -2.24. The minimum atomic E-state index is -0.236. The summed E-state index contributed by atoms with van der Waals surface area (Å²) >= 11 is 1.46. The number of hydrogen-bond donors (Lipinski definition) is 1. The van der Waals surface area contributed by atoms with E-state index in [1.165, 1.54) is 30.2 Å². The van der Waals surface area contributed by atoms with E-state index in [9.17, 15) is 4.79 Å². The standard InChI is InChI=1S/C18H24N4OS/c1-10-8-11(2)15(12(3)9-10)19-17(23)13(4)24-18-21-20-16(22(18)5)14-6-7-14/h8-9,13-14H,6-7H2,1-5H3,(H,19,23)/t13-/m1/s1. The van der Waals surface area contributed by atoms with E-state index in [1.54, 1.807) is 0 Å². The van der Waals surface area contributed by atoms with Crippen molar-refractivity contribution in [2.24, 2.45) is 7.05 Å². The first-order valence-electron chi connectivity index (χ1n) is 8.31. The van der Waals surface area contributed by atoms with Crippen LogP contribution in [-0.2, 0) is 11.8 Å². The molecule has 0 spiro atoms. The van der Waals surface area contributed by atoms with E-state index in [4.69, 9.17) is 0 Å². The molecule has 1 aromatic heterocycles. The number of aromatic nitrogens is 3. The van der Waals surface area contributed by atoms with Crippen LogP contribution in [0, 0.1) is 20.8 Å². The van der Waals surface area contributed by atoms with Crippen molar-refractivity contribution in [2.75, 3.05) is 5.32 Å². The maximum absolute atomic E-state index is 12.6. The monoisotopic (exact) mass is 344 g/mol. The van der Waals surface area contributed by atoms with Crippen LogP contribution in [0.1, 0.15) is 48.2 Å². The average Bonchev–Trinajstić information content (AvgIpc) is 3.28. The van der Waals surface area contributed by atoms with Crippen molar-refractivity contribution in [1.82, 2.24) is 14.8 Å². The zero-order valence-electron chi connectivity index (χ0n) is 14.9. The van der Waals surface area contributed by atoms with Gasteiger partial charge in [0, 0.05) is 18.7 Å². The summed E-state index contributed by atoms with van der Waals surface area (Å²) in [5, 5.41) is 12.2. The van der Waals surface area contributed by atoms with Gasteiger partial charge in [0.1, 0.15) is 5.82 Å². The first kappa shape index (κ1) is 17.0. The highest BCUT2D eigenvalue weighted by Crippen LogP contribution is 2.39. The lowest BCUT2D eigenvalue weighted by molar-refractivity contribution is -0.115. The summed E-state index contributed by atoms with van der Waals surface area (Å²) in [6, 6.07) is 4.18. The number of carbonyl (C=O) groups is 1. The summed E-state index contributed by atoms with van der Waals surface area (Å²) in [5.41, 5.74) is 4.30. The molecule has 1 aliphatic carbocycles. The Bertz CT molecular complexity index is 756. The molecule has 6 heteroatoms. The van der Waals surface area contributed by atoms with Gasteiger partial charge in [-0.05, 0) is 51.7 Å². The number of thioether (sulfide) groups is 1. The molecule has 0 bridgehead atoms. The second kappa shape index (κ2) is 6.59. The molecule has 1 amide bonds. The molecule has 1 aliphatic rings. The number of benzene rings is 1. The molecule has 1 atom stereocenters. The van der Waals surface area contributed by atoms with Gasteiger partial charge in [-0.25, -0.2) is 0 Å². The number of rotatable bonds is 5. The lowest BCUT2D eigenvalue weighted by atomic mass is 10.1. The number of nitrogens with zero attached hydrogens (tertiary/aromatic N) is 3. The van der Waals surface area contributed by atoms with Crippen LogP contribution < -0.4 is 5.32 Å². The van der Waals surface area contributed by atoms with E-state index >= 15 is 0 Å². The predicted octanol–water partition coefficient (Wildman–Crippen LogP) is 3.74. The van der Waals surface area contributed by atoms with Gasteiger partial charge in [-0.15, -0.1) is 10.2 Å². The summed E-state index contributed by atoms with van der Waals surface area (Å²) in [4.78, 5) is 12.6. The van der Waals surface area contributed by atoms with E-state index in [0.717, 1.165) is 27.8 Å². The molecule has 1 heterocycles. The van der Waals surface area contributed by atoms with Crippen molar-refractivity contribution in [3.05, 3.63) is 34.6 Å². The van der Waals surface area contributed by atoms with Crippen molar-refractivity contribution >= 4 is 23.4 Å². The molecular weight excluding hydrogens is 320 g/mol. The maximum Gasteiger partial charge on any atom is 0.237 e. The zero-order chi connectivity index (χ0) is 17.4. The molecule has 0 radical (unpaired) electrons. The molecule has 0 unspecified atom stereocenters. The van der Waals surface area contributed by atoms with Crippen LogP contribution in [-0.4, -0.2) is 25.9 Å². The van der Waals surface area contributed by atoms with E-state index in [1.807, 2.05) is 32.4 Å². The number of amides is 1. The average molecular weight is 344 g/mol. The Morgan fingerprint density at radius 3 is 2.46 bits per heavy atom. The Morgan fingerprint density at radius 2 is 1.88 bits per heavy atom. The van der Waals surface area contributed by atoms with Crippen LogP contribution in [0.2, 0.25) is 0 Å². The SMILES string of the molecule is Cc1cc(C)c(NC(=O)[C@@H](C)Sc2nnc(C3CC3)n2C)c(C)c1. The Labute approximate surface area is 147 Å². The van der Waals surface area contributed by atoms with Crippen LogP contribution in [0.5, 0.6) is 0 Å². The quantitative estimate of drug-likeness (QED) is 0.840. The van der Waals surface area contributed by atoms with Crippen molar-refractivity contribution < 1.29 is 4.79 Å². The Morgan fingerprint density at radius 1 is 1.25 bits per heavy atom. The van der Waals surface area contributed by atoms with Gasteiger partial charge in [-0.2, -0.15) is 0 Å². The largest absolute Gasteiger partial charge is 0.325 e. The number of anilines is 1. The molecular formula is C18H24N4OS. The molecule has 128 valence electrons. The highest BCUT2D eigenvalue weighted by atomic mass is 32.2. The van der Waals surface area contributed by atoms with Crippen molar-refractivity contribution in [2.45, 2.75) is 56.9 Å². The second-order valence-corrected chi connectivity index (χ2v) is 8.01. The predicted molar refractivity (Wildman–Crippen MR) is 97.6 cm³/mol. The number of nitrogens with one attached hydrogen (secondary N) is 1. The molecule has 3 rings (SSSR count). The second-order valence-electron chi connectivity index (χ2n) is 6.70. The van der Waals surface area contributed by atoms with Gasteiger partial charge in [0.2, 0.25) is 5.91 Å². The van der Waals surface area contributed by atoms with Gasteiger partial charge in [-0.3, -0.25) is 4.79 Å². The van der Waals surface area contributed by atoms with Gasteiger partial charge in [0.25, 0.3) is 0 Å². The fourth-order valence-corrected chi connectivity index (χ4v) is 3.76. The highest BCUT2D eigenvalue weighted by molar-refractivity contribution is 8.00. The van der Waals surface area contributed by atoms with Crippen LogP contribution in [0.4, 0.5) is 5.69 Å². The third-order valence-corrected chi connectivity index (χ3v) is 5.52. The fourth-order valence-electron chi connectivity index (χ4n) is 2.94. The number of aryl methyl sites for hydroxylation is 3. The maximum atomic E-state index is 12.6. The first-order valence-corrected chi connectivity index (χ1v) is 9.19. The third kappa shape index (κ3) is 3.48. The van der Waals surface area contributed by atoms with Gasteiger partial charge >= 0.3 is 0 Å². The van der Waals surface area contributed by atoms with Crippen LogP contribution in [0.3, 0.4) is 0 Å². The van der Waals surface area contributed by atoms with Gasteiger partial charge < -0.3 is 9.88 Å². The van der Waals surface area contributed by atoms with Crippen molar-refractivity contribution in [3.63, 3.8) is 0 Å². The van der Waals surface area contributed by atoms with Crippen LogP contribution in [0.25, 0.3) is 0 Å². The Hall–Kier alpha value is -1.82. The van der Waals surface area contributed by atoms with Crippen molar-refractivity contribution in [3.8, 4) is 0 Å². The molecule has 2 aromatic rings. The molecule has 1 N–H and O–H groups in total. The Balaban J connectivity index is 1.69. The van der Waals surface area contributed by atoms with E-state index in [-0.39, 0.29) is 11.2 Å². The van der Waals surface area contributed by atoms with Gasteiger partial charge in [-0.1, -0.05) is 29.5 Å². The molecule has 1 fully saturated rings. The summed E-state index contributed by atoms with van der Waals surface area (Å²) < 4.78 is 2.02. The Kier molecular flexibility index (Phi) is 4.67.